The molecule has 1 heterocycles. The molecule has 2 aromatic rings. The van der Waals surface area contributed by atoms with Crippen LogP contribution < -0.4 is 5.32 Å². The van der Waals surface area contributed by atoms with Crippen LogP contribution in [0.2, 0.25) is 0 Å². The molecule has 2 aromatic carbocycles. The van der Waals surface area contributed by atoms with Crippen molar-refractivity contribution in [3.63, 3.8) is 0 Å². The van der Waals surface area contributed by atoms with Gasteiger partial charge >= 0.3 is 0 Å². The predicted molar refractivity (Wildman–Crippen MR) is 112 cm³/mol. The molecule has 0 saturated carbocycles. The molecule has 30 heavy (non-hydrogen) atoms. The lowest BCUT2D eigenvalue weighted by Gasteiger charge is -2.37. The number of aliphatic hydroxyl groups excluding tert-OH is 1. The van der Waals surface area contributed by atoms with E-state index in [1.165, 1.54) is 12.1 Å². The molecule has 0 radical (unpaired) electrons. The second-order valence-electron chi connectivity index (χ2n) is 7.25. The van der Waals surface area contributed by atoms with E-state index in [1.54, 1.807) is 12.1 Å². The quantitative estimate of drug-likeness (QED) is 0.655. The Kier molecular flexibility index (Phi) is 7.99. The number of benzene rings is 2. The lowest BCUT2D eigenvalue weighted by molar-refractivity contribution is -0.166. The van der Waals surface area contributed by atoms with Crippen LogP contribution in [0.25, 0.3) is 0 Å². The third kappa shape index (κ3) is 5.68. The molecule has 0 fully saturated rings. The minimum absolute atomic E-state index is 0.0202. The van der Waals surface area contributed by atoms with Crippen LogP contribution in [-0.4, -0.2) is 30.5 Å². The predicted octanol–water partition coefficient (Wildman–Crippen LogP) is 3.89. The van der Waals surface area contributed by atoms with E-state index in [1.807, 2.05) is 43.3 Å². The van der Waals surface area contributed by atoms with Crippen LogP contribution >= 0.6 is 0 Å². The number of ether oxygens (including phenoxy) is 2. The van der Waals surface area contributed by atoms with Crippen LogP contribution in [0.1, 0.15) is 36.8 Å². The summed E-state index contributed by atoms with van der Waals surface area (Å²) in [7, 11) is 0. The highest BCUT2D eigenvalue weighted by Crippen LogP contribution is 2.39. The van der Waals surface area contributed by atoms with Crippen molar-refractivity contribution < 1.29 is 23.8 Å². The zero-order valence-electron chi connectivity index (χ0n) is 17.1. The molecule has 1 amide bonds. The Hall–Kier alpha value is -2.70. The van der Waals surface area contributed by atoms with Gasteiger partial charge in [-0.25, -0.2) is 4.39 Å². The zero-order chi connectivity index (χ0) is 21.3. The fourth-order valence-corrected chi connectivity index (χ4v) is 3.69. The molecule has 0 saturated heterocycles. The summed E-state index contributed by atoms with van der Waals surface area (Å²) in [4.78, 5) is 12.8. The first-order valence-electron chi connectivity index (χ1n) is 10.3. The lowest BCUT2D eigenvalue weighted by atomic mass is 9.80. The summed E-state index contributed by atoms with van der Waals surface area (Å²) in [5.41, 5.74) is 1.86. The van der Waals surface area contributed by atoms with Gasteiger partial charge in [0.2, 0.25) is 6.29 Å². The molecule has 5 nitrogen and oxygen atoms in total. The minimum atomic E-state index is -0.580. The van der Waals surface area contributed by atoms with Crippen LogP contribution in [0.4, 0.5) is 4.39 Å². The molecular formula is C24H28FNO4. The highest BCUT2D eigenvalue weighted by molar-refractivity contribution is 5.91. The molecule has 0 bridgehead atoms. The van der Waals surface area contributed by atoms with Crippen LogP contribution in [0.15, 0.2) is 66.4 Å². The molecule has 6 heteroatoms. The van der Waals surface area contributed by atoms with E-state index in [0.29, 0.717) is 19.4 Å². The Bertz CT molecular complexity index is 838. The van der Waals surface area contributed by atoms with Gasteiger partial charge in [0.25, 0.3) is 5.91 Å². The molecule has 2 N–H and O–H groups in total. The van der Waals surface area contributed by atoms with E-state index in [-0.39, 0.29) is 42.5 Å². The molecule has 160 valence electrons. The molecule has 3 rings (SSSR count). The number of rotatable bonds is 9. The van der Waals surface area contributed by atoms with Gasteiger partial charge in [-0.15, -0.1) is 0 Å². The highest BCUT2D eigenvalue weighted by Gasteiger charge is 2.37. The Morgan fingerprint density at radius 2 is 1.90 bits per heavy atom. The van der Waals surface area contributed by atoms with Crippen LogP contribution in [0, 0.1) is 11.7 Å². The van der Waals surface area contributed by atoms with Crippen LogP contribution in [0.3, 0.4) is 0 Å². The van der Waals surface area contributed by atoms with Crippen molar-refractivity contribution in [1.29, 1.82) is 0 Å². The Labute approximate surface area is 176 Å². The summed E-state index contributed by atoms with van der Waals surface area (Å²) >= 11 is 0. The van der Waals surface area contributed by atoms with Gasteiger partial charge in [-0.1, -0.05) is 42.5 Å². The summed E-state index contributed by atoms with van der Waals surface area (Å²) in [6.45, 7) is 2.69. The normalized spacial score (nSPS) is 20.9. The first kappa shape index (κ1) is 22.0. The van der Waals surface area contributed by atoms with E-state index in [4.69, 9.17) is 9.47 Å². The van der Waals surface area contributed by atoms with Crippen molar-refractivity contribution in [3.8, 4) is 0 Å². The molecule has 0 spiro atoms. The van der Waals surface area contributed by atoms with E-state index in [9.17, 15) is 14.3 Å². The number of nitrogens with one attached hydrogen (secondary N) is 1. The molecule has 1 aliphatic heterocycles. The van der Waals surface area contributed by atoms with Crippen molar-refractivity contribution in [1.82, 2.24) is 5.32 Å². The van der Waals surface area contributed by atoms with Crippen molar-refractivity contribution in [3.05, 3.63) is 83.4 Å². The van der Waals surface area contributed by atoms with Gasteiger partial charge in [0.1, 0.15) is 5.82 Å². The SMILES string of the molecule is CCO[C@H]1OC(C(=O)NCc2ccc(F)cc2)=C[C@@H](c2ccccc2)[C@@H]1CCCO. The summed E-state index contributed by atoms with van der Waals surface area (Å²) in [6.07, 6.45) is 2.60. The maximum atomic E-state index is 13.1. The molecule has 0 aliphatic carbocycles. The van der Waals surface area contributed by atoms with Gasteiger partial charge < -0.3 is 19.9 Å². The number of hydrogen-bond acceptors (Lipinski definition) is 4. The number of allylic oxidation sites excluding steroid dienone is 1. The standard InChI is InChI=1S/C24H28FNO4/c1-2-29-24-20(9-6-14-27)21(18-7-4-3-5-8-18)15-22(30-24)23(28)26-16-17-10-12-19(25)13-11-17/h3-5,7-8,10-13,15,20-21,24,27H,2,6,9,14,16H2,1H3,(H,26,28)/t20-,21-,24-/m0/s1. The van der Waals surface area contributed by atoms with E-state index >= 15 is 0 Å². The van der Waals surface area contributed by atoms with Crippen molar-refractivity contribution in [2.75, 3.05) is 13.2 Å². The van der Waals surface area contributed by atoms with Crippen LogP contribution in [0.5, 0.6) is 0 Å². The molecule has 0 unspecified atom stereocenters. The fourth-order valence-electron chi connectivity index (χ4n) is 3.69. The van der Waals surface area contributed by atoms with Gasteiger partial charge in [0.05, 0.1) is 0 Å². The second-order valence-corrected chi connectivity index (χ2v) is 7.25. The van der Waals surface area contributed by atoms with E-state index < -0.39 is 6.29 Å². The first-order chi connectivity index (χ1) is 14.6. The topological polar surface area (TPSA) is 67.8 Å². The van der Waals surface area contributed by atoms with Crippen molar-refractivity contribution >= 4 is 5.91 Å². The number of amides is 1. The number of carbonyl (C=O) groups excluding carboxylic acids is 1. The largest absolute Gasteiger partial charge is 0.459 e. The van der Waals surface area contributed by atoms with Gasteiger partial charge in [-0.2, -0.15) is 0 Å². The average Bonchev–Trinajstić information content (AvgIpc) is 2.78. The highest BCUT2D eigenvalue weighted by atomic mass is 19.1. The fraction of sp³-hybridized carbons (Fsp3) is 0.375. The molecule has 0 aromatic heterocycles. The number of aliphatic hydroxyl groups is 1. The summed E-state index contributed by atoms with van der Waals surface area (Å²) in [6, 6.07) is 15.9. The third-order valence-electron chi connectivity index (χ3n) is 5.19. The number of hydrogen-bond donors (Lipinski definition) is 2. The summed E-state index contributed by atoms with van der Waals surface area (Å²) in [5, 5.41) is 12.2. The van der Waals surface area contributed by atoms with Gasteiger partial charge in [0.15, 0.2) is 5.76 Å². The van der Waals surface area contributed by atoms with E-state index in [2.05, 4.69) is 5.32 Å². The van der Waals surface area contributed by atoms with Gasteiger partial charge in [0, 0.05) is 31.6 Å². The first-order valence-corrected chi connectivity index (χ1v) is 10.3. The maximum Gasteiger partial charge on any atom is 0.286 e. The van der Waals surface area contributed by atoms with Crippen LogP contribution in [-0.2, 0) is 20.8 Å². The molecule has 1 aliphatic rings. The third-order valence-corrected chi connectivity index (χ3v) is 5.19. The lowest BCUT2D eigenvalue weighted by Crippen LogP contribution is -2.38. The van der Waals surface area contributed by atoms with Gasteiger partial charge in [-0.05, 0) is 49.1 Å². The Morgan fingerprint density at radius 3 is 2.57 bits per heavy atom. The monoisotopic (exact) mass is 413 g/mol. The van der Waals surface area contributed by atoms with E-state index in [0.717, 1.165) is 11.1 Å². The molecule has 3 atom stereocenters. The average molecular weight is 413 g/mol. The molecular weight excluding hydrogens is 385 g/mol. The Balaban J connectivity index is 1.81. The number of carbonyl (C=O) groups is 1. The van der Waals surface area contributed by atoms with Crippen molar-refractivity contribution in [2.45, 2.75) is 38.5 Å². The second kappa shape index (κ2) is 10.9. The summed E-state index contributed by atoms with van der Waals surface area (Å²) in [5.74, 6) is -0.541. The van der Waals surface area contributed by atoms with Gasteiger partial charge in [-0.3, -0.25) is 4.79 Å². The maximum absolute atomic E-state index is 13.1. The number of halogens is 1. The minimum Gasteiger partial charge on any atom is -0.459 e. The van der Waals surface area contributed by atoms with Crippen molar-refractivity contribution in [2.24, 2.45) is 5.92 Å². The zero-order valence-corrected chi connectivity index (χ0v) is 17.1. The summed E-state index contributed by atoms with van der Waals surface area (Å²) < 4.78 is 24.9. The smallest absolute Gasteiger partial charge is 0.286 e. The Morgan fingerprint density at radius 1 is 1.17 bits per heavy atom.